The van der Waals surface area contributed by atoms with E-state index in [-0.39, 0.29) is 5.91 Å². The number of carbonyl (C=O) groups excluding carboxylic acids is 1. The number of hydrogen-bond donors (Lipinski definition) is 2. The van der Waals surface area contributed by atoms with Crippen molar-refractivity contribution in [2.24, 2.45) is 0 Å². The van der Waals surface area contributed by atoms with E-state index >= 15 is 0 Å². The minimum absolute atomic E-state index is 0.228. The highest BCUT2D eigenvalue weighted by molar-refractivity contribution is 6.04. The number of benzene rings is 3. The van der Waals surface area contributed by atoms with Gasteiger partial charge in [0.2, 0.25) is 0 Å². The van der Waals surface area contributed by atoms with Crippen molar-refractivity contribution in [3.8, 4) is 23.0 Å². The molecule has 1 amide bonds. The number of aromatic nitrogens is 3. The zero-order valence-electron chi connectivity index (χ0n) is 19.9. The van der Waals surface area contributed by atoms with E-state index in [0.717, 1.165) is 27.6 Å². The maximum Gasteiger partial charge on any atom is 0.255 e. The second kappa shape index (κ2) is 9.01. The maximum absolute atomic E-state index is 13.0. The molecule has 2 aromatic heterocycles. The fourth-order valence-corrected chi connectivity index (χ4v) is 4.09. The first-order chi connectivity index (χ1) is 17.3. The minimum Gasteiger partial charge on any atom is -0.384 e. The Morgan fingerprint density at radius 2 is 1.78 bits per heavy atom. The van der Waals surface area contributed by atoms with Crippen molar-refractivity contribution in [1.82, 2.24) is 14.5 Å². The molecule has 36 heavy (non-hydrogen) atoms. The quantitative estimate of drug-likeness (QED) is 0.340. The van der Waals surface area contributed by atoms with Gasteiger partial charge in [-0.3, -0.25) is 4.79 Å². The van der Waals surface area contributed by atoms with Crippen LogP contribution in [0.25, 0.3) is 27.8 Å². The van der Waals surface area contributed by atoms with Crippen molar-refractivity contribution in [2.75, 3.05) is 11.1 Å². The summed E-state index contributed by atoms with van der Waals surface area (Å²) in [5, 5.41) is 13.5. The first-order valence-corrected chi connectivity index (χ1v) is 11.5. The van der Waals surface area contributed by atoms with Gasteiger partial charge in [0, 0.05) is 28.9 Å². The van der Waals surface area contributed by atoms with Crippen LogP contribution in [0.1, 0.15) is 29.8 Å². The summed E-state index contributed by atoms with van der Waals surface area (Å²) in [7, 11) is 0. The van der Waals surface area contributed by atoms with E-state index in [2.05, 4.69) is 39.6 Å². The number of anilines is 2. The average molecular weight is 473 g/mol. The molecule has 0 fully saturated rings. The molecule has 3 aromatic carbocycles. The number of rotatable bonds is 5. The number of amides is 1. The molecular formula is C29H24N6O. The van der Waals surface area contributed by atoms with Crippen LogP contribution in [0.2, 0.25) is 0 Å². The van der Waals surface area contributed by atoms with E-state index in [1.807, 2.05) is 61.0 Å². The van der Waals surface area contributed by atoms with E-state index in [9.17, 15) is 10.1 Å². The van der Waals surface area contributed by atoms with Gasteiger partial charge in [0.25, 0.3) is 5.91 Å². The summed E-state index contributed by atoms with van der Waals surface area (Å²) in [4.78, 5) is 21.3. The Morgan fingerprint density at radius 3 is 2.58 bits per heavy atom. The molecule has 0 bridgehead atoms. The molecular weight excluding hydrogens is 448 g/mol. The molecule has 0 saturated carbocycles. The molecule has 5 aromatic rings. The van der Waals surface area contributed by atoms with Gasteiger partial charge < -0.3 is 15.6 Å². The average Bonchev–Trinajstić information content (AvgIpc) is 3.32. The minimum atomic E-state index is -0.677. The summed E-state index contributed by atoms with van der Waals surface area (Å²) in [6.45, 7) is 3.67. The lowest BCUT2D eigenvalue weighted by Crippen LogP contribution is -2.17. The first kappa shape index (κ1) is 22.8. The Hall–Kier alpha value is -4.96. The predicted molar refractivity (Wildman–Crippen MR) is 142 cm³/mol. The van der Waals surface area contributed by atoms with Gasteiger partial charge in [-0.05, 0) is 66.9 Å². The molecule has 0 spiro atoms. The van der Waals surface area contributed by atoms with Crippen molar-refractivity contribution in [3.63, 3.8) is 0 Å². The van der Waals surface area contributed by atoms with Crippen molar-refractivity contribution in [2.45, 2.75) is 19.3 Å². The van der Waals surface area contributed by atoms with Gasteiger partial charge in [0.1, 0.15) is 18.0 Å². The van der Waals surface area contributed by atoms with E-state index in [1.54, 1.807) is 24.3 Å². The normalized spacial score (nSPS) is 11.2. The Kier molecular flexibility index (Phi) is 5.71. The molecule has 0 aliphatic rings. The second-order valence-corrected chi connectivity index (χ2v) is 9.11. The summed E-state index contributed by atoms with van der Waals surface area (Å²) < 4.78 is 1.97. The summed E-state index contributed by atoms with van der Waals surface area (Å²) in [6.07, 6.45) is 3.40. The molecule has 3 N–H and O–H groups in total. The third-order valence-corrected chi connectivity index (χ3v) is 6.19. The van der Waals surface area contributed by atoms with E-state index < -0.39 is 5.41 Å². The number of nitrogens with zero attached hydrogens (tertiary/aromatic N) is 4. The molecule has 176 valence electrons. The molecule has 2 heterocycles. The molecule has 0 saturated heterocycles. The van der Waals surface area contributed by atoms with E-state index in [0.29, 0.717) is 22.9 Å². The van der Waals surface area contributed by atoms with Gasteiger partial charge >= 0.3 is 0 Å². The van der Waals surface area contributed by atoms with Crippen LogP contribution in [0.15, 0.2) is 91.4 Å². The van der Waals surface area contributed by atoms with Gasteiger partial charge in [-0.1, -0.05) is 36.4 Å². The Labute approximate surface area is 208 Å². The fraction of sp³-hybridized carbons (Fsp3) is 0.103. The van der Waals surface area contributed by atoms with Crippen LogP contribution < -0.4 is 11.1 Å². The Balaban J connectivity index is 1.44. The number of fused-ring (bicyclic) bond motifs is 1. The number of nitrogen functional groups attached to an aromatic ring is 1. The largest absolute Gasteiger partial charge is 0.384 e. The van der Waals surface area contributed by atoms with Gasteiger partial charge in [0.15, 0.2) is 0 Å². The summed E-state index contributed by atoms with van der Waals surface area (Å²) in [5.74, 6) is 0.869. The van der Waals surface area contributed by atoms with Crippen molar-refractivity contribution in [3.05, 3.63) is 103 Å². The molecule has 7 heteroatoms. The van der Waals surface area contributed by atoms with E-state index in [4.69, 9.17) is 5.73 Å². The van der Waals surface area contributed by atoms with Crippen LogP contribution in [0.3, 0.4) is 0 Å². The summed E-state index contributed by atoms with van der Waals surface area (Å²) in [6, 6.07) is 27.1. The van der Waals surface area contributed by atoms with Crippen LogP contribution in [-0.4, -0.2) is 20.4 Å². The molecule has 7 nitrogen and oxygen atoms in total. The predicted octanol–water partition coefficient (Wildman–Crippen LogP) is 5.72. The lowest BCUT2D eigenvalue weighted by atomic mass is 9.85. The smallest absolute Gasteiger partial charge is 0.255 e. The van der Waals surface area contributed by atoms with Crippen LogP contribution in [0.4, 0.5) is 11.5 Å². The molecule has 0 unspecified atom stereocenters. The monoisotopic (exact) mass is 472 g/mol. The van der Waals surface area contributed by atoms with Crippen molar-refractivity contribution < 1.29 is 4.79 Å². The van der Waals surface area contributed by atoms with Crippen LogP contribution >= 0.6 is 0 Å². The highest BCUT2D eigenvalue weighted by Crippen LogP contribution is 2.29. The molecule has 0 radical (unpaired) electrons. The van der Waals surface area contributed by atoms with Crippen LogP contribution in [-0.2, 0) is 5.41 Å². The van der Waals surface area contributed by atoms with Gasteiger partial charge in [-0.25, -0.2) is 9.97 Å². The molecule has 5 rings (SSSR count). The highest BCUT2D eigenvalue weighted by Gasteiger charge is 2.21. The highest BCUT2D eigenvalue weighted by atomic mass is 16.1. The molecule has 0 aliphatic heterocycles. The third kappa shape index (κ3) is 4.40. The second-order valence-electron chi connectivity index (χ2n) is 9.11. The number of nitrogens with two attached hydrogens (primary N) is 1. The van der Waals surface area contributed by atoms with Crippen LogP contribution in [0.5, 0.6) is 0 Å². The summed E-state index contributed by atoms with van der Waals surface area (Å²) in [5.41, 5.74) is 10.1. The molecule has 0 atom stereocenters. The van der Waals surface area contributed by atoms with Gasteiger partial charge in [-0.2, -0.15) is 5.26 Å². The zero-order chi connectivity index (χ0) is 25.3. The number of nitriles is 1. The zero-order valence-corrected chi connectivity index (χ0v) is 19.9. The first-order valence-electron chi connectivity index (χ1n) is 11.5. The number of hydrogen-bond acceptors (Lipinski definition) is 5. The van der Waals surface area contributed by atoms with Crippen LogP contribution in [0, 0.1) is 11.3 Å². The van der Waals surface area contributed by atoms with Crippen molar-refractivity contribution >= 4 is 28.3 Å². The summed E-state index contributed by atoms with van der Waals surface area (Å²) >= 11 is 0. The lowest BCUT2D eigenvalue weighted by molar-refractivity contribution is 0.102. The Morgan fingerprint density at radius 1 is 0.972 bits per heavy atom. The van der Waals surface area contributed by atoms with Gasteiger partial charge in [-0.15, -0.1) is 0 Å². The van der Waals surface area contributed by atoms with E-state index in [1.165, 1.54) is 6.33 Å². The third-order valence-electron chi connectivity index (χ3n) is 6.19. The fourth-order valence-electron chi connectivity index (χ4n) is 4.09. The number of carbonyl (C=O) groups is 1. The SMILES string of the molecule is CC(C)(C#N)c1cccc(C(=O)Nc2cccc(-c3ccc4ccn(-c5cc(N)ncn5)c4c3)c2)c1. The maximum atomic E-state index is 13.0. The Bertz CT molecular complexity index is 1640. The number of nitrogens with one attached hydrogen (secondary N) is 1. The topological polar surface area (TPSA) is 110 Å². The van der Waals surface area contributed by atoms with Gasteiger partial charge in [0.05, 0.1) is 17.0 Å². The lowest BCUT2D eigenvalue weighted by Gasteiger charge is -2.16. The standard InChI is InChI=1S/C29H24N6O/c1-29(2,17-30)23-7-3-6-22(13-23)28(36)34-24-8-4-5-20(14-24)21-10-9-19-11-12-35(25(19)15-21)27-16-26(31)32-18-33-27/h3-16,18H,1-2H3,(H,34,36)(H2,31,32,33). The molecule has 0 aliphatic carbocycles. The van der Waals surface area contributed by atoms with Crippen molar-refractivity contribution in [1.29, 1.82) is 5.26 Å².